The predicted molar refractivity (Wildman–Crippen MR) is 89.3 cm³/mol. The molecule has 0 aromatic carbocycles. The highest BCUT2D eigenvalue weighted by atomic mass is 16.5. The molecule has 5 heteroatoms. The molecule has 0 aliphatic heterocycles. The summed E-state index contributed by atoms with van der Waals surface area (Å²) in [6, 6.07) is 0.481. The van der Waals surface area contributed by atoms with Gasteiger partial charge >= 0.3 is 0 Å². The number of nitrogens with zero attached hydrogens (tertiary/aromatic N) is 2. The molecule has 2 fully saturated rings. The maximum atomic E-state index is 6.20. The zero-order chi connectivity index (χ0) is 15.4. The van der Waals surface area contributed by atoms with Gasteiger partial charge in [0.2, 0.25) is 5.88 Å². The Hall–Kier alpha value is -1.52. The number of ether oxygens (including phenoxy) is 1. The second-order valence-electron chi connectivity index (χ2n) is 6.67. The number of nitrogens with one attached hydrogen (secondary N) is 1. The molecule has 0 radical (unpaired) electrons. The van der Waals surface area contributed by atoms with Crippen molar-refractivity contribution in [1.29, 1.82) is 0 Å². The molecule has 1 aromatic rings. The molecule has 3 N–H and O–H groups in total. The minimum absolute atomic E-state index is 0.454. The van der Waals surface area contributed by atoms with E-state index in [1.807, 2.05) is 0 Å². The van der Waals surface area contributed by atoms with Crippen LogP contribution >= 0.6 is 0 Å². The highest BCUT2D eigenvalue weighted by Gasteiger charge is 2.23. The number of nitrogens with two attached hydrogens (primary N) is 1. The fourth-order valence-corrected chi connectivity index (χ4v) is 3.71. The van der Waals surface area contributed by atoms with E-state index in [9.17, 15) is 0 Å². The molecule has 0 bridgehead atoms. The summed E-state index contributed by atoms with van der Waals surface area (Å²) < 4.78 is 5.39. The average molecular weight is 304 g/mol. The molecule has 122 valence electrons. The molecule has 2 saturated carbocycles. The van der Waals surface area contributed by atoms with Crippen LogP contribution in [-0.2, 0) is 0 Å². The summed E-state index contributed by atoms with van der Waals surface area (Å²) in [7, 11) is 1.63. The monoisotopic (exact) mass is 304 g/mol. The van der Waals surface area contributed by atoms with Crippen molar-refractivity contribution in [2.75, 3.05) is 18.2 Å². The molecule has 1 heterocycles. The third kappa shape index (κ3) is 3.45. The van der Waals surface area contributed by atoms with Gasteiger partial charge in [-0.15, -0.1) is 0 Å². The second-order valence-corrected chi connectivity index (χ2v) is 6.67. The lowest BCUT2D eigenvalue weighted by Gasteiger charge is -2.26. The molecular weight excluding hydrogens is 276 g/mol. The summed E-state index contributed by atoms with van der Waals surface area (Å²) >= 11 is 0. The summed E-state index contributed by atoms with van der Waals surface area (Å²) in [5.41, 5.74) is 6.75. The van der Waals surface area contributed by atoms with E-state index in [2.05, 4.69) is 10.3 Å². The minimum atomic E-state index is 0.454. The van der Waals surface area contributed by atoms with Gasteiger partial charge in [0.15, 0.2) is 5.82 Å². The van der Waals surface area contributed by atoms with Gasteiger partial charge < -0.3 is 15.8 Å². The number of hydrogen-bond donors (Lipinski definition) is 2. The first-order valence-corrected chi connectivity index (χ1v) is 8.76. The van der Waals surface area contributed by atoms with Gasteiger partial charge in [-0.2, -0.15) is 4.98 Å². The van der Waals surface area contributed by atoms with Crippen LogP contribution in [0, 0.1) is 0 Å². The standard InChI is InChI=1S/C17H28N4O/c1-22-17-14(18)16(19-13-10-6-3-7-11-13)20-15(21-17)12-8-4-2-5-9-12/h12-13H,2-11,18H2,1H3,(H,19,20,21). The minimum Gasteiger partial charge on any atom is -0.479 e. The lowest BCUT2D eigenvalue weighted by Crippen LogP contribution is -2.24. The third-order valence-corrected chi connectivity index (χ3v) is 5.04. The Labute approximate surface area is 133 Å². The fourth-order valence-electron chi connectivity index (χ4n) is 3.71. The van der Waals surface area contributed by atoms with Gasteiger partial charge in [0, 0.05) is 12.0 Å². The van der Waals surface area contributed by atoms with Crippen molar-refractivity contribution in [1.82, 2.24) is 9.97 Å². The lowest BCUT2D eigenvalue weighted by molar-refractivity contribution is 0.385. The number of anilines is 2. The molecule has 1 aromatic heterocycles. The van der Waals surface area contributed by atoms with Crippen LogP contribution in [0.2, 0.25) is 0 Å². The van der Waals surface area contributed by atoms with E-state index in [1.54, 1.807) is 7.11 Å². The molecule has 0 spiro atoms. The lowest BCUT2D eigenvalue weighted by atomic mass is 9.88. The maximum absolute atomic E-state index is 6.20. The normalized spacial score (nSPS) is 20.8. The number of methoxy groups -OCH3 is 1. The largest absolute Gasteiger partial charge is 0.479 e. The fraction of sp³-hybridized carbons (Fsp3) is 0.765. The van der Waals surface area contributed by atoms with Crippen LogP contribution in [0.1, 0.15) is 76.0 Å². The summed E-state index contributed by atoms with van der Waals surface area (Å²) in [5, 5.41) is 3.55. The maximum Gasteiger partial charge on any atom is 0.242 e. The SMILES string of the molecule is COc1nc(C2CCCCC2)nc(NC2CCCCC2)c1N. The quantitative estimate of drug-likeness (QED) is 0.883. The van der Waals surface area contributed by atoms with Gasteiger partial charge in [-0.3, -0.25) is 0 Å². The predicted octanol–water partition coefficient (Wildman–Crippen LogP) is 3.86. The Balaban J connectivity index is 1.83. The first-order chi connectivity index (χ1) is 10.8. The van der Waals surface area contributed by atoms with Crippen molar-refractivity contribution in [3.05, 3.63) is 5.82 Å². The molecule has 0 saturated heterocycles. The van der Waals surface area contributed by atoms with Crippen molar-refractivity contribution in [2.24, 2.45) is 0 Å². The van der Waals surface area contributed by atoms with Crippen LogP contribution in [0.25, 0.3) is 0 Å². The Morgan fingerprint density at radius 3 is 2.23 bits per heavy atom. The van der Waals surface area contributed by atoms with Crippen LogP contribution in [0.15, 0.2) is 0 Å². The summed E-state index contributed by atoms with van der Waals surface area (Å²) in [5.74, 6) is 2.66. The molecule has 2 aliphatic carbocycles. The zero-order valence-electron chi connectivity index (χ0n) is 13.6. The van der Waals surface area contributed by atoms with E-state index in [4.69, 9.17) is 15.5 Å². The molecule has 22 heavy (non-hydrogen) atoms. The second kappa shape index (κ2) is 7.16. The van der Waals surface area contributed by atoms with Crippen LogP contribution < -0.4 is 15.8 Å². The molecule has 0 atom stereocenters. The molecule has 2 aliphatic rings. The van der Waals surface area contributed by atoms with Crippen molar-refractivity contribution in [2.45, 2.75) is 76.2 Å². The van der Waals surface area contributed by atoms with Crippen molar-refractivity contribution >= 4 is 11.5 Å². The molecular formula is C17H28N4O. The van der Waals surface area contributed by atoms with Crippen LogP contribution in [0.5, 0.6) is 5.88 Å². The molecule has 3 rings (SSSR count). The first-order valence-electron chi connectivity index (χ1n) is 8.76. The Morgan fingerprint density at radius 1 is 0.955 bits per heavy atom. The van der Waals surface area contributed by atoms with E-state index in [1.165, 1.54) is 64.2 Å². The van der Waals surface area contributed by atoms with E-state index in [0.29, 0.717) is 23.5 Å². The van der Waals surface area contributed by atoms with Crippen LogP contribution in [0.3, 0.4) is 0 Å². The number of rotatable bonds is 4. The zero-order valence-corrected chi connectivity index (χ0v) is 13.6. The van der Waals surface area contributed by atoms with Crippen LogP contribution in [-0.4, -0.2) is 23.1 Å². The van der Waals surface area contributed by atoms with Crippen LogP contribution in [0.4, 0.5) is 11.5 Å². The number of nitrogen functional groups attached to an aromatic ring is 1. The Morgan fingerprint density at radius 2 is 1.59 bits per heavy atom. The average Bonchev–Trinajstić information content (AvgIpc) is 2.58. The Bertz CT molecular complexity index is 494. The van der Waals surface area contributed by atoms with Gasteiger partial charge in [0.05, 0.1) is 7.11 Å². The van der Waals surface area contributed by atoms with Gasteiger partial charge in [-0.05, 0) is 25.7 Å². The first kappa shape index (κ1) is 15.4. The van der Waals surface area contributed by atoms with E-state index in [0.717, 1.165) is 11.6 Å². The van der Waals surface area contributed by atoms with Gasteiger partial charge in [-0.1, -0.05) is 38.5 Å². The van der Waals surface area contributed by atoms with Crippen molar-refractivity contribution in [3.63, 3.8) is 0 Å². The number of aromatic nitrogens is 2. The van der Waals surface area contributed by atoms with E-state index < -0.39 is 0 Å². The highest BCUT2D eigenvalue weighted by Crippen LogP contribution is 2.35. The Kier molecular flexibility index (Phi) is 5.01. The number of hydrogen-bond acceptors (Lipinski definition) is 5. The highest BCUT2D eigenvalue weighted by molar-refractivity contribution is 5.67. The molecule has 0 unspecified atom stereocenters. The van der Waals surface area contributed by atoms with Gasteiger partial charge in [0.25, 0.3) is 0 Å². The van der Waals surface area contributed by atoms with Crippen molar-refractivity contribution < 1.29 is 4.74 Å². The molecule has 5 nitrogen and oxygen atoms in total. The smallest absolute Gasteiger partial charge is 0.242 e. The summed E-state index contributed by atoms with van der Waals surface area (Å²) in [6.45, 7) is 0. The van der Waals surface area contributed by atoms with Gasteiger partial charge in [0.1, 0.15) is 11.5 Å². The van der Waals surface area contributed by atoms with E-state index in [-0.39, 0.29) is 0 Å². The van der Waals surface area contributed by atoms with Crippen molar-refractivity contribution in [3.8, 4) is 5.88 Å². The van der Waals surface area contributed by atoms with Gasteiger partial charge in [-0.25, -0.2) is 4.98 Å². The summed E-state index contributed by atoms with van der Waals surface area (Å²) in [4.78, 5) is 9.34. The summed E-state index contributed by atoms with van der Waals surface area (Å²) in [6.07, 6.45) is 12.5. The van der Waals surface area contributed by atoms with E-state index >= 15 is 0 Å². The molecule has 0 amide bonds. The third-order valence-electron chi connectivity index (χ3n) is 5.04. The topological polar surface area (TPSA) is 73.1 Å².